The number of carbonyl (C=O) groups is 1. The summed E-state index contributed by atoms with van der Waals surface area (Å²) < 4.78 is 0. The van der Waals surface area contributed by atoms with E-state index in [2.05, 4.69) is 21.8 Å². The topological polar surface area (TPSA) is 59.9 Å². The van der Waals surface area contributed by atoms with E-state index in [1.165, 1.54) is 0 Å². The lowest BCUT2D eigenvalue weighted by molar-refractivity contribution is 0.0502. The molecule has 1 atom stereocenters. The van der Waals surface area contributed by atoms with Crippen LogP contribution in [-0.2, 0) is 0 Å². The zero-order chi connectivity index (χ0) is 17.8. The Balaban J connectivity index is 1.57. The van der Waals surface area contributed by atoms with Crippen molar-refractivity contribution in [2.24, 2.45) is 0 Å². The van der Waals surface area contributed by atoms with Gasteiger partial charge in [-0.15, -0.1) is 0 Å². The molecule has 2 heterocycles. The first-order chi connectivity index (χ1) is 12.0. The van der Waals surface area contributed by atoms with Crippen molar-refractivity contribution >= 4 is 16.8 Å². The minimum absolute atomic E-state index is 0.0804. The Hall–Kier alpha value is -2.02. The van der Waals surface area contributed by atoms with Gasteiger partial charge >= 0.3 is 0 Å². The molecule has 3 rings (SSSR count). The number of benzene rings is 1. The average molecular weight is 342 g/mol. The van der Waals surface area contributed by atoms with Gasteiger partial charge in [-0.05, 0) is 31.3 Å². The smallest absolute Gasteiger partial charge is 0.253 e. The molecule has 1 aromatic heterocycles. The molecule has 134 valence electrons. The molecule has 1 saturated heterocycles. The molecule has 1 aromatic carbocycles. The summed E-state index contributed by atoms with van der Waals surface area (Å²) in [6.45, 7) is 4.90. The Bertz CT molecular complexity index is 728. The third-order valence-corrected chi connectivity index (χ3v) is 4.75. The van der Waals surface area contributed by atoms with Gasteiger partial charge in [0.2, 0.25) is 0 Å². The Morgan fingerprint density at radius 1 is 1.28 bits per heavy atom. The van der Waals surface area contributed by atoms with Crippen molar-refractivity contribution in [2.75, 3.05) is 53.4 Å². The SMILES string of the molecule is CN1CCN(CC(O)CN(C)C(=O)c2ccc3ncccc3c2)CC1. The number of aliphatic hydroxyl groups excluding tert-OH is 1. The van der Waals surface area contributed by atoms with Gasteiger partial charge in [0.1, 0.15) is 0 Å². The number of likely N-dealkylation sites (N-methyl/N-ethyl adjacent to an activating group) is 2. The minimum Gasteiger partial charge on any atom is -0.390 e. The Labute approximate surface area is 148 Å². The van der Waals surface area contributed by atoms with Crippen LogP contribution in [0.5, 0.6) is 0 Å². The molecule has 1 aliphatic rings. The van der Waals surface area contributed by atoms with E-state index in [9.17, 15) is 9.90 Å². The van der Waals surface area contributed by atoms with E-state index in [0.29, 0.717) is 18.7 Å². The third-order valence-electron chi connectivity index (χ3n) is 4.75. The number of amides is 1. The molecule has 0 saturated carbocycles. The van der Waals surface area contributed by atoms with Crippen LogP contribution in [0, 0.1) is 0 Å². The lowest BCUT2D eigenvalue weighted by Gasteiger charge is -2.34. The first kappa shape index (κ1) is 17.8. The largest absolute Gasteiger partial charge is 0.390 e. The van der Waals surface area contributed by atoms with Crippen molar-refractivity contribution in [1.29, 1.82) is 0 Å². The molecular formula is C19H26N4O2. The number of pyridine rings is 1. The first-order valence-electron chi connectivity index (χ1n) is 8.72. The van der Waals surface area contributed by atoms with E-state index in [0.717, 1.165) is 37.1 Å². The zero-order valence-electron chi connectivity index (χ0n) is 14.9. The molecule has 2 aromatic rings. The second-order valence-corrected chi connectivity index (χ2v) is 6.85. The van der Waals surface area contributed by atoms with Crippen LogP contribution in [0.2, 0.25) is 0 Å². The van der Waals surface area contributed by atoms with Crippen LogP contribution in [0.15, 0.2) is 36.5 Å². The van der Waals surface area contributed by atoms with Gasteiger partial charge in [0, 0.05) is 63.5 Å². The number of aliphatic hydroxyl groups is 1. The van der Waals surface area contributed by atoms with E-state index in [1.807, 2.05) is 24.3 Å². The summed E-state index contributed by atoms with van der Waals surface area (Å²) in [5.74, 6) is -0.0804. The van der Waals surface area contributed by atoms with Gasteiger partial charge in [-0.3, -0.25) is 14.7 Å². The monoisotopic (exact) mass is 342 g/mol. The van der Waals surface area contributed by atoms with E-state index in [-0.39, 0.29) is 5.91 Å². The number of hydrogen-bond donors (Lipinski definition) is 1. The van der Waals surface area contributed by atoms with Crippen LogP contribution in [0.25, 0.3) is 10.9 Å². The fraction of sp³-hybridized carbons (Fsp3) is 0.474. The summed E-state index contributed by atoms with van der Waals surface area (Å²) in [5.41, 5.74) is 1.49. The maximum absolute atomic E-state index is 12.6. The van der Waals surface area contributed by atoms with Gasteiger partial charge in [-0.1, -0.05) is 6.07 Å². The van der Waals surface area contributed by atoms with Crippen molar-refractivity contribution in [2.45, 2.75) is 6.10 Å². The zero-order valence-corrected chi connectivity index (χ0v) is 14.9. The maximum Gasteiger partial charge on any atom is 0.253 e. The van der Waals surface area contributed by atoms with Crippen LogP contribution in [0.3, 0.4) is 0 Å². The summed E-state index contributed by atoms with van der Waals surface area (Å²) in [6, 6.07) is 9.31. The molecule has 0 radical (unpaired) electrons. The molecule has 1 aliphatic heterocycles. The lowest BCUT2D eigenvalue weighted by atomic mass is 10.1. The van der Waals surface area contributed by atoms with Crippen LogP contribution in [0.4, 0.5) is 0 Å². The van der Waals surface area contributed by atoms with Crippen LogP contribution in [0.1, 0.15) is 10.4 Å². The van der Waals surface area contributed by atoms with E-state index < -0.39 is 6.10 Å². The van der Waals surface area contributed by atoms with Crippen LogP contribution in [-0.4, -0.2) is 90.2 Å². The third kappa shape index (κ3) is 4.54. The predicted octanol–water partition coefficient (Wildman–Crippen LogP) is 0.915. The Morgan fingerprint density at radius 3 is 2.80 bits per heavy atom. The number of fused-ring (bicyclic) bond motifs is 1. The molecular weight excluding hydrogens is 316 g/mol. The van der Waals surface area contributed by atoms with E-state index in [1.54, 1.807) is 24.2 Å². The minimum atomic E-state index is -0.542. The Morgan fingerprint density at radius 2 is 2.04 bits per heavy atom. The number of nitrogens with zero attached hydrogens (tertiary/aromatic N) is 4. The molecule has 0 spiro atoms. The molecule has 1 unspecified atom stereocenters. The highest BCUT2D eigenvalue weighted by molar-refractivity contribution is 5.97. The van der Waals surface area contributed by atoms with E-state index >= 15 is 0 Å². The maximum atomic E-state index is 12.6. The molecule has 6 heteroatoms. The number of carbonyl (C=O) groups excluding carboxylic acids is 1. The quantitative estimate of drug-likeness (QED) is 0.875. The predicted molar refractivity (Wildman–Crippen MR) is 98.6 cm³/mol. The van der Waals surface area contributed by atoms with Crippen LogP contribution < -0.4 is 0 Å². The summed E-state index contributed by atoms with van der Waals surface area (Å²) in [7, 11) is 3.85. The molecule has 6 nitrogen and oxygen atoms in total. The normalized spacial score (nSPS) is 17.6. The lowest BCUT2D eigenvalue weighted by Crippen LogP contribution is -2.49. The summed E-state index contributed by atoms with van der Waals surface area (Å²) in [6.07, 6.45) is 1.20. The van der Waals surface area contributed by atoms with Gasteiger partial charge in [-0.25, -0.2) is 0 Å². The number of piperazine rings is 1. The fourth-order valence-electron chi connectivity index (χ4n) is 3.21. The molecule has 25 heavy (non-hydrogen) atoms. The summed E-state index contributed by atoms with van der Waals surface area (Å²) in [5, 5.41) is 11.3. The van der Waals surface area contributed by atoms with Crippen molar-refractivity contribution in [3.63, 3.8) is 0 Å². The van der Waals surface area contributed by atoms with Crippen LogP contribution >= 0.6 is 0 Å². The Kier molecular flexibility index (Phi) is 5.63. The average Bonchev–Trinajstić information content (AvgIpc) is 2.62. The van der Waals surface area contributed by atoms with Crippen molar-refractivity contribution in [1.82, 2.24) is 19.7 Å². The number of hydrogen-bond acceptors (Lipinski definition) is 5. The highest BCUT2D eigenvalue weighted by Gasteiger charge is 2.20. The van der Waals surface area contributed by atoms with Gasteiger partial charge in [0.25, 0.3) is 5.91 Å². The summed E-state index contributed by atoms with van der Waals surface area (Å²) >= 11 is 0. The van der Waals surface area contributed by atoms with E-state index in [4.69, 9.17) is 0 Å². The van der Waals surface area contributed by atoms with Gasteiger partial charge < -0.3 is 14.9 Å². The number of aromatic nitrogens is 1. The molecule has 0 bridgehead atoms. The molecule has 1 amide bonds. The van der Waals surface area contributed by atoms with Crippen molar-refractivity contribution < 1.29 is 9.90 Å². The van der Waals surface area contributed by atoms with Crippen molar-refractivity contribution in [3.05, 3.63) is 42.1 Å². The van der Waals surface area contributed by atoms with Gasteiger partial charge in [0.15, 0.2) is 0 Å². The second-order valence-electron chi connectivity index (χ2n) is 6.85. The summed E-state index contributed by atoms with van der Waals surface area (Å²) in [4.78, 5) is 23.0. The van der Waals surface area contributed by atoms with Gasteiger partial charge in [-0.2, -0.15) is 0 Å². The fourth-order valence-corrected chi connectivity index (χ4v) is 3.21. The second kappa shape index (κ2) is 7.91. The molecule has 0 aliphatic carbocycles. The van der Waals surface area contributed by atoms with Gasteiger partial charge in [0.05, 0.1) is 11.6 Å². The highest BCUT2D eigenvalue weighted by atomic mass is 16.3. The first-order valence-corrected chi connectivity index (χ1v) is 8.72. The molecule has 1 N–H and O–H groups in total. The van der Waals surface area contributed by atoms with Crippen molar-refractivity contribution in [3.8, 4) is 0 Å². The number of β-amino-alcohol motifs (C(OH)–C–C–N with tert-alkyl or cyclic N) is 1. The standard InChI is InChI=1S/C19H26N4O2/c1-21-8-10-23(11-9-21)14-17(24)13-22(2)19(25)16-5-6-18-15(12-16)4-3-7-20-18/h3-7,12,17,24H,8-11,13-14H2,1-2H3. The molecule has 1 fully saturated rings. The highest BCUT2D eigenvalue weighted by Crippen LogP contribution is 2.15. The number of rotatable bonds is 5.